The zero-order valence-corrected chi connectivity index (χ0v) is 11.7. The van der Waals surface area contributed by atoms with Gasteiger partial charge in [0.15, 0.2) is 0 Å². The van der Waals surface area contributed by atoms with Gasteiger partial charge in [0.1, 0.15) is 5.82 Å². The van der Waals surface area contributed by atoms with Crippen LogP contribution in [0.5, 0.6) is 0 Å². The molecular formula is C15H16F3N3. The van der Waals surface area contributed by atoms with E-state index in [4.69, 9.17) is 0 Å². The Hall–Kier alpha value is -1.82. The van der Waals surface area contributed by atoms with Gasteiger partial charge in [-0.15, -0.1) is 0 Å². The summed E-state index contributed by atoms with van der Waals surface area (Å²) in [5.74, 6) is 0.681. The van der Waals surface area contributed by atoms with Gasteiger partial charge in [-0.1, -0.05) is 19.1 Å². The summed E-state index contributed by atoms with van der Waals surface area (Å²) in [6, 6.07) is 5.70. The third kappa shape index (κ3) is 2.44. The highest BCUT2D eigenvalue weighted by Crippen LogP contribution is 2.35. The molecule has 1 aromatic carbocycles. The van der Waals surface area contributed by atoms with Gasteiger partial charge < -0.3 is 5.32 Å². The number of benzene rings is 1. The lowest BCUT2D eigenvalue weighted by molar-refractivity contribution is -0.137. The van der Waals surface area contributed by atoms with E-state index in [0.717, 1.165) is 24.0 Å². The Morgan fingerprint density at radius 1 is 1.29 bits per heavy atom. The van der Waals surface area contributed by atoms with Gasteiger partial charge in [-0.3, -0.25) is 4.57 Å². The fraction of sp³-hybridized carbons (Fsp3) is 0.400. The van der Waals surface area contributed by atoms with Crippen LogP contribution in [0.4, 0.5) is 13.2 Å². The zero-order valence-electron chi connectivity index (χ0n) is 11.7. The lowest BCUT2D eigenvalue weighted by Gasteiger charge is -2.19. The predicted molar refractivity (Wildman–Crippen MR) is 73.4 cm³/mol. The molecule has 1 aromatic heterocycles. The smallest absolute Gasteiger partial charge is 0.311 e. The van der Waals surface area contributed by atoms with Gasteiger partial charge in [0.25, 0.3) is 0 Å². The summed E-state index contributed by atoms with van der Waals surface area (Å²) in [6.07, 6.45) is -3.08. The predicted octanol–water partition coefficient (Wildman–Crippen LogP) is 3.10. The normalized spacial score (nSPS) is 15.0. The molecule has 3 nitrogen and oxygen atoms in total. The second-order valence-electron chi connectivity index (χ2n) is 5.05. The van der Waals surface area contributed by atoms with Gasteiger partial charge in [-0.05, 0) is 12.1 Å². The minimum absolute atomic E-state index is 0.178. The summed E-state index contributed by atoms with van der Waals surface area (Å²) in [6.45, 7) is 3.29. The number of nitrogens with one attached hydrogen (secondary N) is 1. The Kier molecular flexibility index (Phi) is 3.49. The molecule has 0 radical (unpaired) electrons. The van der Waals surface area contributed by atoms with E-state index in [9.17, 15) is 13.2 Å². The fourth-order valence-electron chi connectivity index (χ4n) is 2.80. The fourth-order valence-corrected chi connectivity index (χ4v) is 2.80. The first-order valence-electron chi connectivity index (χ1n) is 6.99. The number of halogens is 3. The summed E-state index contributed by atoms with van der Waals surface area (Å²) in [7, 11) is 0. The third-order valence-corrected chi connectivity index (χ3v) is 3.72. The number of para-hydroxylation sites is 1. The minimum atomic E-state index is -4.37. The molecular weight excluding hydrogens is 279 g/mol. The Morgan fingerprint density at radius 2 is 2.05 bits per heavy atom. The Balaban J connectivity index is 2.24. The minimum Gasteiger partial charge on any atom is -0.311 e. The van der Waals surface area contributed by atoms with Gasteiger partial charge in [0, 0.05) is 31.6 Å². The molecule has 21 heavy (non-hydrogen) atoms. The van der Waals surface area contributed by atoms with Crippen molar-refractivity contribution in [1.29, 1.82) is 0 Å². The molecule has 0 saturated carbocycles. The maximum absolute atomic E-state index is 13.3. The number of fused-ring (bicyclic) bond motifs is 1. The number of aromatic nitrogens is 2. The number of imidazole rings is 1. The SMILES string of the molecule is CCc1nc2c(n1-c1ccccc1C(F)(F)F)CCNC2. The third-order valence-electron chi connectivity index (χ3n) is 3.72. The molecule has 3 rings (SSSR count). The van der Waals surface area contributed by atoms with E-state index in [-0.39, 0.29) is 5.69 Å². The molecule has 2 heterocycles. The largest absolute Gasteiger partial charge is 0.418 e. The van der Waals surface area contributed by atoms with Crippen molar-refractivity contribution in [2.24, 2.45) is 0 Å². The zero-order chi connectivity index (χ0) is 15.0. The lowest BCUT2D eigenvalue weighted by Crippen LogP contribution is -2.25. The number of hydrogen-bond acceptors (Lipinski definition) is 2. The van der Waals surface area contributed by atoms with E-state index in [1.165, 1.54) is 12.1 Å². The number of alkyl halides is 3. The van der Waals surface area contributed by atoms with Crippen molar-refractivity contribution < 1.29 is 13.2 Å². The van der Waals surface area contributed by atoms with Crippen LogP contribution in [0.1, 0.15) is 29.7 Å². The second-order valence-corrected chi connectivity index (χ2v) is 5.05. The van der Waals surface area contributed by atoms with E-state index in [1.807, 2.05) is 6.92 Å². The maximum Gasteiger partial charge on any atom is 0.418 e. The van der Waals surface area contributed by atoms with E-state index < -0.39 is 11.7 Å². The van der Waals surface area contributed by atoms with Crippen LogP contribution in [0.3, 0.4) is 0 Å². The average molecular weight is 295 g/mol. The molecule has 0 aliphatic carbocycles. The van der Waals surface area contributed by atoms with E-state index >= 15 is 0 Å². The molecule has 0 fully saturated rings. The molecule has 112 valence electrons. The van der Waals surface area contributed by atoms with Crippen molar-refractivity contribution in [3.63, 3.8) is 0 Å². The van der Waals surface area contributed by atoms with E-state index in [0.29, 0.717) is 25.2 Å². The molecule has 0 atom stereocenters. The first-order valence-corrected chi connectivity index (χ1v) is 6.99. The summed E-state index contributed by atoms with van der Waals surface area (Å²) >= 11 is 0. The number of aryl methyl sites for hydroxylation is 1. The van der Waals surface area contributed by atoms with Crippen molar-refractivity contribution in [2.45, 2.75) is 32.5 Å². The molecule has 1 aliphatic rings. The first kappa shape index (κ1) is 14.1. The topological polar surface area (TPSA) is 29.9 Å². The van der Waals surface area contributed by atoms with Crippen LogP contribution in [-0.2, 0) is 25.6 Å². The molecule has 1 aliphatic heterocycles. The van der Waals surface area contributed by atoms with Crippen LogP contribution < -0.4 is 5.32 Å². The highest BCUT2D eigenvalue weighted by Gasteiger charge is 2.35. The monoisotopic (exact) mass is 295 g/mol. The van der Waals surface area contributed by atoms with Crippen LogP contribution in [0.2, 0.25) is 0 Å². The summed E-state index contributed by atoms with van der Waals surface area (Å²) < 4.78 is 41.5. The summed E-state index contributed by atoms with van der Waals surface area (Å²) in [4.78, 5) is 4.50. The molecule has 0 amide bonds. The van der Waals surface area contributed by atoms with Gasteiger partial charge in [-0.2, -0.15) is 13.2 Å². The Labute approximate surface area is 120 Å². The maximum atomic E-state index is 13.3. The van der Waals surface area contributed by atoms with Gasteiger partial charge in [0.2, 0.25) is 0 Å². The molecule has 6 heteroatoms. The van der Waals surface area contributed by atoms with Gasteiger partial charge in [0.05, 0.1) is 16.9 Å². The molecule has 2 aromatic rings. The first-order chi connectivity index (χ1) is 10.0. The second kappa shape index (κ2) is 5.18. The van der Waals surface area contributed by atoms with Gasteiger partial charge >= 0.3 is 6.18 Å². The Bertz CT molecular complexity index is 659. The van der Waals surface area contributed by atoms with Crippen molar-refractivity contribution >= 4 is 0 Å². The van der Waals surface area contributed by atoms with Crippen LogP contribution in [0, 0.1) is 0 Å². The highest BCUT2D eigenvalue weighted by molar-refractivity contribution is 5.46. The molecule has 0 saturated heterocycles. The van der Waals surface area contributed by atoms with Gasteiger partial charge in [-0.25, -0.2) is 4.98 Å². The highest BCUT2D eigenvalue weighted by atomic mass is 19.4. The summed E-state index contributed by atoms with van der Waals surface area (Å²) in [5.41, 5.74) is 1.31. The van der Waals surface area contributed by atoms with E-state index in [1.54, 1.807) is 10.6 Å². The van der Waals surface area contributed by atoms with Crippen LogP contribution in [0.15, 0.2) is 24.3 Å². The molecule has 0 unspecified atom stereocenters. The van der Waals surface area contributed by atoms with Crippen LogP contribution >= 0.6 is 0 Å². The molecule has 0 spiro atoms. The molecule has 0 bridgehead atoms. The quantitative estimate of drug-likeness (QED) is 0.922. The van der Waals surface area contributed by atoms with Crippen molar-refractivity contribution in [1.82, 2.24) is 14.9 Å². The molecule has 1 N–H and O–H groups in total. The van der Waals surface area contributed by atoms with Crippen molar-refractivity contribution in [3.05, 3.63) is 47.0 Å². The van der Waals surface area contributed by atoms with Crippen LogP contribution in [0.25, 0.3) is 5.69 Å². The number of rotatable bonds is 2. The van der Waals surface area contributed by atoms with E-state index in [2.05, 4.69) is 10.3 Å². The Morgan fingerprint density at radius 3 is 2.76 bits per heavy atom. The van der Waals surface area contributed by atoms with Crippen LogP contribution in [-0.4, -0.2) is 16.1 Å². The summed E-state index contributed by atoms with van der Waals surface area (Å²) in [5, 5.41) is 3.20. The van der Waals surface area contributed by atoms with Crippen molar-refractivity contribution in [3.8, 4) is 5.69 Å². The van der Waals surface area contributed by atoms with Crippen molar-refractivity contribution in [2.75, 3.05) is 6.54 Å². The average Bonchev–Trinajstić information content (AvgIpc) is 2.84. The lowest BCUT2D eigenvalue weighted by atomic mass is 10.1. The number of hydrogen-bond donors (Lipinski definition) is 1. The standard InChI is InChI=1S/C15H16F3N3/c1-2-14-20-11-9-19-8-7-13(11)21(14)12-6-4-3-5-10(12)15(16,17)18/h3-6,19H,2,7-9H2,1H3. The number of nitrogens with zero attached hydrogens (tertiary/aromatic N) is 2.